The Morgan fingerprint density at radius 1 is 1.03 bits per heavy atom. The maximum atomic E-state index is 13.8. The lowest BCUT2D eigenvalue weighted by atomic mass is 9.94. The van der Waals surface area contributed by atoms with Gasteiger partial charge in [0.05, 0.1) is 11.5 Å². The van der Waals surface area contributed by atoms with Crippen molar-refractivity contribution < 1.29 is 14.5 Å². The molecule has 1 heterocycles. The number of nitrogens with zero attached hydrogens (tertiary/aromatic N) is 4. The molecule has 3 aromatic rings. The van der Waals surface area contributed by atoms with Crippen LogP contribution in [0.2, 0.25) is 5.02 Å². The Labute approximate surface area is 228 Å². The molecule has 1 aliphatic carbocycles. The Balaban J connectivity index is 1.52. The summed E-state index contributed by atoms with van der Waals surface area (Å²) in [5, 5.41) is 11.7. The van der Waals surface area contributed by atoms with E-state index in [0.717, 1.165) is 36.9 Å². The van der Waals surface area contributed by atoms with Gasteiger partial charge in [0.15, 0.2) is 0 Å². The van der Waals surface area contributed by atoms with Crippen LogP contribution in [0.25, 0.3) is 0 Å². The lowest BCUT2D eigenvalue weighted by Crippen LogP contribution is -2.47. The van der Waals surface area contributed by atoms with Crippen LogP contribution in [-0.4, -0.2) is 50.2 Å². The average Bonchev–Trinajstić information content (AvgIpc) is 3.38. The molecule has 0 spiro atoms. The number of likely N-dealkylation sites (N-methyl/N-ethyl adjacent to an activating group) is 1. The number of aromatic nitrogens is 1. The highest BCUT2D eigenvalue weighted by molar-refractivity contribution is 6.31. The van der Waals surface area contributed by atoms with Crippen molar-refractivity contribution in [3.05, 3.63) is 98.8 Å². The summed E-state index contributed by atoms with van der Waals surface area (Å²) in [5.41, 5.74) is 2.26. The highest BCUT2D eigenvalue weighted by Gasteiger charge is 2.29. The minimum Gasteiger partial charge on any atom is -0.345 e. The topological polar surface area (TPSA) is 88.7 Å². The van der Waals surface area contributed by atoms with Gasteiger partial charge < -0.3 is 14.4 Å². The molecule has 0 unspecified atom stereocenters. The summed E-state index contributed by atoms with van der Waals surface area (Å²) in [7, 11) is 0. The van der Waals surface area contributed by atoms with E-state index in [1.807, 2.05) is 54.4 Å². The maximum absolute atomic E-state index is 13.8. The number of benzene rings is 2. The summed E-state index contributed by atoms with van der Waals surface area (Å²) in [5.74, 6) is -0.416. The predicted molar refractivity (Wildman–Crippen MR) is 147 cm³/mol. The van der Waals surface area contributed by atoms with Crippen molar-refractivity contribution in [1.29, 1.82) is 0 Å². The van der Waals surface area contributed by atoms with Crippen LogP contribution in [0.4, 0.5) is 5.69 Å². The average molecular weight is 537 g/mol. The van der Waals surface area contributed by atoms with Gasteiger partial charge in [0.2, 0.25) is 5.91 Å². The zero-order valence-corrected chi connectivity index (χ0v) is 22.3. The SMILES string of the molecule is CCN(CC(=O)N(Cc1cccn1Cc1ccccc1Cl)C1CCCCC1)C(=O)c1ccc([N+](=O)[O-])cc1. The lowest BCUT2D eigenvalue weighted by molar-refractivity contribution is -0.384. The Bertz CT molecular complexity index is 1270. The summed E-state index contributed by atoms with van der Waals surface area (Å²) >= 11 is 6.40. The van der Waals surface area contributed by atoms with Crippen molar-refractivity contribution in [3.63, 3.8) is 0 Å². The van der Waals surface area contributed by atoms with Crippen LogP contribution in [0.5, 0.6) is 0 Å². The van der Waals surface area contributed by atoms with E-state index in [-0.39, 0.29) is 30.1 Å². The standard InChI is InChI=1S/C29H33ClN4O4/c1-2-31(29(36)22-14-16-25(17-15-22)34(37)38)21-28(35)33(24-10-4-3-5-11-24)20-26-12-8-18-32(26)19-23-9-6-7-13-27(23)30/h6-9,12-18,24H,2-5,10-11,19-21H2,1H3. The number of amides is 2. The molecule has 0 saturated heterocycles. The van der Waals surface area contributed by atoms with Gasteiger partial charge >= 0.3 is 0 Å². The molecule has 38 heavy (non-hydrogen) atoms. The van der Waals surface area contributed by atoms with E-state index in [4.69, 9.17) is 11.6 Å². The summed E-state index contributed by atoms with van der Waals surface area (Å²) in [6.07, 6.45) is 7.21. The molecule has 1 aromatic heterocycles. The fourth-order valence-electron chi connectivity index (χ4n) is 5.04. The van der Waals surface area contributed by atoms with Gasteiger partial charge in [-0.1, -0.05) is 49.1 Å². The molecule has 1 aliphatic rings. The van der Waals surface area contributed by atoms with Gasteiger partial charge in [-0.25, -0.2) is 0 Å². The van der Waals surface area contributed by atoms with Crippen molar-refractivity contribution >= 4 is 29.1 Å². The molecule has 4 rings (SSSR count). The minimum absolute atomic E-state index is 0.0476. The molecule has 0 bridgehead atoms. The number of nitro groups is 1. The minimum atomic E-state index is -0.501. The Hall–Kier alpha value is -3.65. The van der Waals surface area contributed by atoms with Crippen LogP contribution in [0.3, 0.4) is 0 Å². The molecule has 2 aromatic carbocycles. The Morgan fingerprint density at radius 3 is 2.39 bits per heavy atom. The second-order valence-corrected chi connectivity index (χ2v) is 10.1. The smallest absolute Gasteiger partial charge is 0.269 e. The molecule has 1 fully saturated rings. The van der Waals surface area contributed by atoms with E-state index in [1.165, 1.54) is 35.6 Å². The van der Waals surface area contributed by atoms with Gasteiger partial charge in [-0.05, 0) is 55.7 Å². The van der Waals surface area contributed by atoms with Gasteiger partial charge in [0, 0.05) is 53.7 Å². The molecule has 8 nitrogen and oxygen atoms in total. The largest absolute Gasteiger partial charge is 0.345 e. The zero-order valence-electron chi connectivity index (χ0n) is 21.6. The van der Waals surface area contributed by atoms with Crippen LogP contribution >= 0.6 is 11.6 Å². The molecule has 0 radical (unpaired) electrons. The number of hydrogen-bond acceptors (Lipinski definition) is 4. The van der Waals surface area contributed by atoms with E-state index < -0.39 is 4.92 Å². The zero-order chi connectivity index (χ0) is 27.1. The summed E-state index contributed by atoms with van der Waals surface area (Å²) in [4.78, 5) is 40.8. The molecule has 0 N–H and O–H groups in total. The predicted octanol–water partition coefficient (Wildman–Crippen LogP) is 5.92. The van der Waals surface area contributed by atoms with Gasteiger partial charge in [-0.3, -0.25) is 19.7 Å². The van der Waals surface area contributed by atoms with E-state index >= 15 is 0 Å². The first-order valence-corrected chi connectivity index (χ1v) is 13.5. The van der Waals surface area contributed by atoms with E-state index in [2.05, 4.69) is 4.57 Å². The fourth-order valence-corrected chi connectivity index (χ4v) is 5.23. The van der Waals surface area contributed by atoms with Crippen LogP contribution in [0.15, 0.2) is 66.9 Å². The monoisotopic (exact) mass is 536 g/mol. The van der Waals surface area contributed by atoms with Crippen LogP contribution in [0, 0.1) is 10.1 Å². The lowest BCUT2D eigenvalue weighted by Gasteiger charge is -2.36. The number of carbonyl (C=O) groups excluding carboxylic acids is 2. The molecule has 0 aliphatic heterocycles. The second kappa shape index (κ2) is 12.7. The number of non-ortho nitro benzene ring substituents is 1. The van der Waals surface area contributed by atoms with Crippen LogP contribution in [-0.2, 0) is 17.9 Å². The third kappa shape index (κ3) is 6.61. The molecule has 200 valence electrons. The van der Waals surface area contributed by atoms with Crippen molar-refractivity contribution in [1.82, 2.24) is 14.4 Å². The normalized spacial score (nSPS) is 13.7. The molecule has 9 heteroatoms. The maximum Gasteiger partial charge on any atom is 0.269 e. The molecular formula is C29H33ClN4O4. The number of hydrogen-bond donors (Lipinski definition) is 0. The Morgan fingerprint density at radius 2 is 1.74 bits per heavy atom. The van der Waals surface area contributed by atoms with E-state index in [1.54, 1.807) is 0 Å². The summed E-state index contributed by atoms with van der Waals surface area (Å²) in [6, 6.07) is 17.4. The van der Waals surface area contributed by atoms with Crippen molar-refractivity contribution in [2.45, 2.75) is 58.2 Å². The number of halogens is 1. The van der Waals surface area contributed by atoms with E-state index in [9.17, 15) is 19.7 Å². The highest BCUT2D eigenvalue weighted by Crippen LogP contribution is 2.26. The fraction of sp³-hybridized carbons (Fsp3) is 0.379. The first-order valence-electron chi connectivity index (χ1n) is 13.1. The van der Waals surface area contributed by atoms with E-state index in [0.29, 0.717) is 30.2 Å². The molecular weight excluding hydrogens is 504 g/mol. The van der Waals surface area contributed by atoms with Gasteiger partial charge in [0.1, 0.15) is 6.54 Å². The highest BCUT2D eigenvalue weighted by atomic mass is 35.5. The van der Waals surface area contributed by atoms with Gasteiger partial charge in [-0.2, -0.15) is 0 Å². The number of nitro benzene ring substituents is 1. The Kier molecular flexibility index (Phi) is 9.18. The first kappa shape index (κ1) is 27.4. The molecule has 1 saturated carbocycles. The van der Waals surface area contributed by atoms with Gasteiger partial charge in [-0.15, -0.1) is 0 Å². The van der Waals surface area contributed by atoms with Crippen LogP contribution < -0.4 is 0 Å². The summed E-state index contributed by atoms with van der Waals surface area (Å²) < 4.78 is 2.12. The molecule has 2 amide bonds. The third-order valence-corrected chi connectivity index (χ3v) is 7.58. The van der Waals surface area contributed by atoms with Crippen molar-refractivity contribution in [3.8, 4) is 0 Å². The van der Waals surface area contributed by atoms with Crippen molar-refractivity contribution in [2.75, 3.05) is 13.1 Å². The third-order valence-electron chi connectivity index (χ3n) is 7.21. The first-order chi connectivity index (χ1) is 18.4. The number of rotatable bonds is 10. The second-order valence-electron chi connectivity index (χ2n) is 9.66. The molecule has 0 atom stereocenters. The summed E-state index contributed by atoms with van der Waals surface area (Å²) in [6.45, 7) is 3.19. The van der Waals surface area contributed by atoms with Crippen LogP contribution in [0.1, 0.15) is 60.6 Å². The van der Waals surface area contributed by atoms with Gasteiger partial charge in [0.25, 0.3) is 11.6 Å². The quantitative estimate of drug-likeness (QED) is 0.237. The number of carbonyl (C=O) groups is 2. The van der Waals surface area contributed by atoms with Crippen molar-refractivity contribution in [2.24, 2.45) is 0 Å².